The van der Waals surface area contributed by atoms with Crippen LogP contribution in [-0.4, -0.2) is 26.9 Å². The number of rotatable bonds is 6. The van der Waals surface area contributed by atoms with Crippen molar-refractivity contribution in [2.45, 2.75) is 38.1 Å². The van der Waals surface area contributed by atoms with E-state index in [1.165, 1.54) is 11.3 Å². The molecule has 128 valence electrons. The van der Waals surface area contributed by atoms with Crippen LogP contribution in [0.3, 0.4) is 0 Å². The Kier molecular flexibility index (Phi) is 4.67. The van der Waals surface area contributed by atoms with Crippen LogP contribution in [0.4, 0.5) is 16.8 Å². The maximum atomic E-state index is 11.6. The zero-order valence-electron chi connectivity index (χ0n) is 13.1. The third-order valence-electron chi connectivity index (χ3n) is 3.62. The van der Waals surface area contributed by atoms with Gasteiger partial charge in [-0.15, -0.1) is 0 Å². The molecule has 1 amide bonds. The third kappa shape index (κ3) is 3.62. The highest BCUT2D eigenvalue weighted by Crippen LogP contribution is 2.37. The Balaban J connectivity index is 1.83. The Morgan fingerprint density at radius 2 is 2.17 bits per heavy atom. The fourth-order valence-electron chi connectivity index (χ4n) is 1.80. The average molecular weight is 432 g/mol. The van der Waals surface area contributed by atoms with Crippen molar-refractivity contribution < 1.29 is 4.79 Å². The van der Waals surface area contributed by atoms with E-state index in [2.05, 4.69) is 41.5 Å². The van der Waals surface area contributed by atoms with Gasteiger partial charge in [0.25, 0.3) is 0 Å². The van der Waals surface area contributed by atoms with Gasteiger partial charge in [0, 0.05) is 12.2 Å². The first-order valence-electron chi connectivity index (χ1n) is 7.30. The summed E-state index contributed by atoms with van der Waals surface area (Å²) in [6.07, 6.45) is 3.96. The second kappa shape index (κ2) is 6.45. The number of carbonyl (C=O) groups excluding carboxylic acids is 1. The van der Waals surface area contributed by atoms with E-state index in [0.717, 1.165) is 23.1 Å². The van der Waals surface area contributed by atoms with Crippen LogP contribution >= 0.6 is 38.9 Å². The molecule has 1 fully saturated rings. The number of nitrogens with one attached hydrogen (secondary N) is 2. The van der Waals surface area contributed by atoms with Gasteiger partial charge in [-0.25, -0.2) is 9.97 Å². The lowest BCUT2D eigenvalue weighted by atomic mass is 9.94. The predicted octanol–water partition coefficient (Wildman–Crippen LogP) is 3.43. The zero-order chi connectivity index (χ0) is 17.5. The number of halogens is 2. The highest BCUT2D eigenvalue weighted by molar-refractivity contribution is 9.10. The van der Waals surface area contributed by atoms with E-state index in [9.17, 15) is 4.79 Å². The zero-order valence-corrected chi connectivity index (χ0v) is 16.2. The first-order chi connectivity index (χ1) is 11.3. The van der Waals surface area contributed by atoms with Crippen LogP contribution in [0.5, 0.6) is 0 Å². The van der Waals surface area contributed by atoms with Gasteiger partial charge >= 0.3 is 0 Å². The molecule has 7 nitrogen and oxygen atoms in total. The largest absolute Gasteiger partial charge is 0.369 e. The molecule has 1 saturated carbocycles. The molecule has 0 aromatic carbocycles. The van der Waals surface area contributed by atoms with E-state index in [1.807, 2.05) is 0 Å². The molecular weight excluding hydrogens is 416 g/mol. The first-order valence-corrected chi connectivity index (χ1v) is 9.29. The topological polar surface area (TPSA) is 106 Å². The number of hydrogen-bond acceptors (Lipinski definition) is 7. The SMILES string of the molecule is CC(C)(C(N)=O)c1nc(Cl)c(Nc2ncc(Br)c(NC3CC3)n2)s1. The fraction of sp³-hybridized carbons (Fsp3) is 0.429. The van der Waals surface area contributed by atoms with E-state index in [0.29, 0.717) is 22.0 Å². The Morgan fingerprint density at radius 3 is 2.79 bits per heavy atom. The van der Waals surface area contributed by atoms with Crippen LogP contribution in [0.15, 0.2) is 10.7 Å². The highest BCUT2D eigenvalue weighted by atomic mass is 79.9. The van der Waals surface area contributed by atoms with Crippen molar-refractivity contribution in [3.8, 4) is 0 Å². The highest BCUT2D eigenvalue weighted by Gasteiger charge is 2.32. The standard InChI is InChI=1S/C14H16BrClN6OS/c1-14(2,11(17)23)12-20-8(16)10(24-12)22-13-18-5-7(15)9(21-13)19-6-3-4-6/h5-6H,3-4H2,1-2H3,(H2,17,23)(H2,18,19,21,22). The van der Waals surface area contributed by atoms with E-state index in [1.54, 1.807) is 20.0 Å². The van der Waals surface area contributed by atoms with E-state index >= 15 is 0 Å². The number of thiazole rings is 1. The summed E-state index contributed by atoms with van der Waals surface area (Å²) in [7, 11) is 0. The number of carbonyl (C=O) groups is 1. The van der Waals surface area contributed by atoms with Crippen molar-refractivity contribution in [1.29, 1.82) is 0 Å². The van der Waals surface area contributed by atoms with E-state index in [4.69, 9.17) is 17.3 Å². The number of anilines is 3. The average Bonchev–Trinajstić information content (AvgIpc) is 3.25. The van der Waals surface area contributed by atoms with Gasteiger partial charge < -0.3 is 16.4 Å². The quantitative estimate of drug-likeness (QED) is 0.647. The molecule has 4 N–H and O–H groups in total. The van der Waals surface area contributed by atoms with Gasteiger partial charge in [-0.3, -0.25) is 4.79 Å². The monoisotopic (exact) mass is 430 g/mol. The second-order valence-electron chi connectivity index (χ2n) is 6.06. The molecule has 2 aromatic heterocycles. The lowest BCUT2D eigenvalue weighted by Gasteiger charge is -2.16. The molecule has 0 saturated heterocycles. The van der Waals surface area contributed by atoms with Crippen LogP contribution in [0, 0.1) is 0 Å². The van der Waals surface area contributed by atoms with Gasteiger partial charge in [-0.05, 0) is 42.6 Å². The van der Waals surface area contributed by atoms with Crippen LogP contribution in [0.1, 0.15) is 31.7 Å². The second-order valence-corrected chi connectivity index (χ2v) is 8.27. The molecule has 0 spiro atoms. The molecule has 0 aliphatic heterocycles. The van der Waals surface area contributed by atoms with Crippen LogP contribution in [0.25, 0.3) is 0 Å². The van der Waals surface area contributed by atoms with Crippen molar-refractivity contribution in [3.05, 3.63) is 20.8 Å². The minimum atomic E-state index is -0.895. The van der Waals surface area contributed by atoms with Gasteiger partial charge in [0.15, 0.2) is 5.15 Å². The maximum Gasteiger partial charge on any atom is 0.229 e. The van der Waals surface area contributed by atoms with Crippen LogP contribution < -0.4 is 16.4 Å². The molecule has 2 heterocycles. The van der Waals surface area contributed by atoms with Crippen molar-refractivity contribution >= 4 is 61.5 Å². The molecule has 24 heavy (non-hydrogen) atoms. The minimum absolute atomic E-state index is 0.257. The van der Waals surface area contributed by atoms with Gasteiger partial charge in [0.05, 0.1) is 9.89 Å². The number of nitrogens with zero attached hydrogens (tertiary/aromatic N) is 3. The minimum Gasteiger partial charge on any atom is -0.369 e. The smallest absolute Gasteiger partial charge is 0.229 e. The summed E-state index contributed by atoms with van der Waals surface area (Å²) in [5, 5.41) is 7.74. The van der Waals surface area contributed by atoms with Crippen molar-refractivity contribution in [1.82, 2.24) is 15.0 Å². The van der Waals surface area contributed by atoms with Gasteiger partial charge in [-0.1, -0.05) is 22.9 Å². The molecule has 1 aliphatic carbocycles. The van der Waals surface area contributed by atoms with Crippen molar-refractivity contribution in [2.75, 3.05) is 10.6 Å². The molecule has 0 unspecified atom stereocenters. The Bertz CT molecular complexity index is 792. The predicted molar refractivity (Wildman–Crippen MR) is 99.0 cm³/mol. The molecule has 0 bridgehead atoms. The molecule has 2 aromatic rings. The number of amides is 1. The number of nitrogens with two attached hydrogens (primary N) is 1. The molecule has 10 heteroatoms. The van der Waals surface area contributed by atoms with Crippen molar-refractivity contribution in [2.24, 2.45) is 5.73 Å². The van der Waals surface area contributed by atoms with Crippen LogP contribution in [0.2, 0.25) is 5.15 Å². The summed E-state index contributed by atoms with van der Waals surface area (Å²) in [4.78, 5) is 24.5. The normalized spacial score (nSPS) is 14.5. The lowest BCUT2D eigenvalue weighted by molar-refractivity contribution is -0.122. The summed E-state index contributed by atoms with van der Waals surface area (Å²) < 4.78 is 0.797. The van der Waals surface area contributed by atoms with E-state index < -0.39 is 11.3 Å². The third-order valence-corrected chi connectivity index (χ3v) is 5.88. The lowest BCUT2D eigenvalue weighted by Crippen LogP contribution is -2.35. The number of hydrogen-bond donors (Lipinski definition) is 3. The molecule has 0 radical (unpaired) electrons. The fourth-order valence-corrected chi connectivity index (χ4v) is 3.36. The molecule has 3 rings (SSSR count). The molecule has 0 atom stereocenters. The number of primary amides is 1. The van der Waals surface area contributed by atoms with E-state index in [-0.39, 0.29) is 5.15 Å². The Labute approximate surface area is 156 Å². The van der Waals surface area contributed by atoms with Gasteiger partial charge in [-0.2, -0.15) is 4.98 Å². The Morgan fingerprint density at radius 1 is 1.46 bits per heavy atom. The molecular formula is C14H16BrClN6OS. The Hall–Kier alpha value is -1.45. The summed E-state index contributed by atoms with van der Waals surface area (Å²) in [5.74, 6) is 0.666. The summed E-state index contributed by atoms with van der Waals surface area (Å²) in [5.41, 5.74) is 4.53. The van der Waals surface area contributed by atoms with Gasteiger partial charge in [0.2, 0.25) is 11.9 Å². The van der Waals surface area contributed by atoms with Gasteiger partial charge in [0.1, 0.15) is 15.8 Å². The summed E-state index contributed by atoms with van der Waals surface area (Å²) in [6.45, 7) is 3.42. The van der Waals surface area contributed by atoms with Crippen molar-refractivity contribution in [3.63, 3.8) is 0 Å². The summed E-state index contributed by atoms with van der Waals surface area (Å²) in [6, 6.07) is 0.471. The molecule has 1 aliphatic rings. The summed E-state index contributed by atoms with van der Waals surface area (Å²) >= 11 is 10.9. The first kappa shape index (κ1) is 17.4. The number of aromatic nitrogens is 3. The maximum absolute atomic E-state index is 11.6. The van der Waals surface area contributed by atoms with Crippen LogP contribution in [-0.2, 0) is 10.2 Å².